The fourth-order valence-corrected chi connectivity index (χ4v) is 4.66. The minimum atomic E-state index is -0.258. The van der Waals surface area contributed by atoms with Gasteiger partial charge in [0.1, 0.15) is 5.01 Å². The van der Waals surface area contributed by atoms with Crippen LogP contribution >= 0.6 is 22.9 Å². The first-order chi connectivity index (χ1) is 15.5. The standard InChI is InChI=1S/C22H19ClN6O2S/c1-2-19-27-29-20(30)9-14(24-22(29)32-19)12-28(11-13-5-3-4-6-16(13)23)15-7-8-17-18(10-15)26-21(31)25-17/h3-10H,2,11-12H2,1H3,(H2,25,26,31). The van der Waals surface area contributed by atoms with Crippen LogP contribution in [0, 0.1) is 0 Å². The summed E-state index contributed by atoms with van der Waals surface area (Å²) in [6, 6.07) is 14.8. The first-order valence-electron chi connectivity index (χ1n) is 10.1. The zero-order valence-corrected chi connectivity index (χ0v) is 18.7. The number of aromatic nitrogens is 5. The molecule has 0 spiro atoms. The van der Waals surface area contributed by atoms with Crippen molar-refractivity contribution in [3.63, 3.8) is 0 Å². The lowest BCUT2D eigenvalue weighted by molar-refractivity contribution is 0.770. The summed E-state index contributed by atoms with van der Waals surface area (Å²) in [5.74, 6) is 0. The number of aromatic amines is 2. The Morgan fingerprint density at radius 1 is 1.06 bits per heavy atom. The summed E-state index contributed by atoms with van der Waals surface area (Å²) in [6.07, 6.45) is 0.746. The van der Waals surface area contributed by atoms with Gasteiger partial charge in [0.2, 0.25) is 4.96 Å². The normalized spacial score (nSPS) is 11.4. The van der Waals surface area contributed by atoms with Crippen LogP contribution in [0.2, 0.25) is 5.02 Å². The fourth-order valence-electron chi connectivity index (χ4n) is 3.60. The molecule has 0 saturated carbocycles. The highest BCUT2D eigenvalue weighted by atomic mass is 35.5. The number of hydrogen-bond acceptors (Lipinski definition) is 6. The zero-order valence-electron chi connectivity index (χ0n) is 17.1. The second kappa shape index (κ2) is 8.25. The maximum absolute atomic E-state index is 12.6. The van der Waals surface area contributed by atoms with Crippen molar-refractivity contribution in [1.82, 2.24) is 24.6 Å². The summed E-state index contributed by atoms with van der Waals surface area (Å²) in [4.78, 5) is 37.2. The van der Waals surface area contributed by atoms with E-state index in [0.29, 0.717) is 34.3 Å². The van der Waals surface area contributed by atoms with Crippen LogP contribution in [0.3, 0.4) is 0 Å². The molecule has 0 aliphatic carbocycles. The molecule has 8 nitrogen and oxygen atoms in total. The maximum Gasteiger partial charge on any atom is 0.323 e. The Hall–Kier alpha value is -3.43. The topological polar surface area (TPSA) is 99.1 Å². The molecule has 10 heteroatoms. The highest BCUT2D eigenvalue weighted by Crippen LogP contribution is 2.25. The summed E-state index contributed by atoms with van der Waals surface area (Å²) in [6.45, 7) is 2.89. The van der Waals surface area contributed by atoms with Crippen molar-refractivity contribution in [3.8, 4) is 0 Å². The van der Waals surface area contributed by atoms with Gasteiger partial charge in [0.05, 0.1) is 23.3 Å². The van der Waals surface area contributed by atoms with E-state index in [1.807, 2.05) is 49.4 Å². The van der Waals surface area contributed by atoms with Crippen LogP contribution in [-0.2, 0) is 19.5 Å². The van der Waals surface area contributed by atoms with Crippen LogP contribution in [0.25, 0.3) is 16.0 Å². The minimum absolute atomic E-state index is 0.205. The highest BCUT2D eigenvalue weighted by molar-refractivity contribution is 7.16. The van der Waals surface area contributed by atoms with Gasteiger partial charge in [-0.15, -0.1) is 0 Å². The molecule has 0 amide bonds. The zero-order chi connectivity index (χ0) is 22.2. The van der Waals surface area contributed by atoms with Crippen LogP contribution in [0.4, 0.5) is 5.69 Å². The van der Waals surface area contributed by atoms with Crippen molar-refractivity contribution in [2.45, 2.75) is 26.4 Å². The lowest BCUT2D eigenvalue weighted by Crippen LogP contribution is -2.25. The molecular formula is C22H19ClN6O2S. The maximum atomic E-state index is 12.6. The van der Waals surface area contributed by atoms with Crippen molar-refractivity contribution in [2.75, 3.05) is 4.90 Å². The molecule has 2 aromatic carbocycles. The third-order valence-electron chi connectivity index (χ3n) is 5.18. The van der Waals surface area contributed by atoms with Crippen LogP contribution in [0.5, 0.6) is 0 Å². The number of nitrogens with zero attached hydrogens (tertiary/aromatic N) is 4. The molecule has 5 aromatic rings. The van der Waals surface area contributed by atoms with Crippen molar-refractivity contribution in [2.24, 2.45) is 0 Å². The van der Waals surface area contributed by atoms with Gasteiger partial charge in [-0.1, -0.05) is 48.1 Å². The molecule has 3 heterocycles. The Morgan fingerprint density at radius 2 is 1.88 bits per heavy atom. The first-order valence-corrected chi connectivity index (χ1v) is 11.3. The van der Waals surface area contributed by atoms with Gasteiger partial charge in [0.25, 0.3) is 5.56 Å². The Balaban J connectivity index is 1.57. The van der Waals surface area contributed by atoms with Gasteiger partial charge in [0.15, 0.2) is 0 Å². The SMILES string of the molecule is CCc1nn2c(=O)cc(CN(Cc3ccccc3Cl)c3ccc4[nH]c(=O)[nH]c4c3)nc2s1. The molecule has 2 N–H and O–H groups in total. The number of rotatable bonds is 6. The lowest BCUT2D eigenvalue weighted by Gasteiger charge is -2.25. The van der Waals surface area contributed by atoms with E-state index in [4.69, 9.17) is 11.6 Å². The smallest absolute Gasteiger partial charge is 0.323 e. The number of halogens is 1. The molecule has 0 aliphatic rings. The van der Waals surface area contributed by atoms with E-state index in [1.165, 1.54) is 21.9 Å². The van der Waals surface area contributed by atoms with Crippen LogP contribution < -0.4 is 16.1 Å². The van der Waals surface area contributed by atoms with E-state index in [2.05, 4.69) is 25.0 Å². The van der Waals surface area contributed by atoms with Gasteiger partial charge >= 0.3 is 5.69 Å². The molecule has 0 saturated heterocycles. The number of aryl methyl sites for hydroxylation is 1. The number of hydrogen-bond donors (Lipinski definition) is 2. The van der Waals surface area contributed by atoms with Crippen molar-refractivity contribution in [1.29, 1.82) is 0 Å². The molecular weight excluding hydrogens is 448 g/mol. The minimum Gasteiger partial charge on any atom is -0.361 e. The molecule has 32 heavy (non-hydrogen) atoms. The lowest BCUT2D eigenvalue weighted by atomic mass is 10.1. The van der Waals surface area contributed by atoms with Crippen LogP contribution in [0.15, 0.2) is 58.1 Å². The second-order valence-electron chi connectivity index (χ2n) is 7.39. The molecule has 0 atom stereocenters. The van der Waals surface area contributed by atoms with E-state index >= 15 is 0 Å². The van der Waals surface area contributed by atoms with Crippen molar-refractivity contribution in [3.05, 3.63) is 90.7 Å². The van der Waals surface area contributed by atoms with Gasteiger partial charge in [-0.05, 0) is 36.2 Å². The van der Waals surface area contributed by atoms with E-state index < -0.39 is 0 Å². The van der Waals surface area contributed by atoms with Gasteiger partial charge in [0, 0.05) is 23.3 Å². The predicted molar refractivity (Wildman–Crippen MR) is 127 cm³/mol. The number of nitrogens with one attached hydrogen (secondary N) is 2. The highest BCUT2D eigenvalue weighted by Gasteiger charge is 2.15. The van der Waals surface area contributed by atoms with Gasteiger partial charge in [-0.25, -0.2) is 9.78 Å². The molecule has 0 aliphatic heterocycles. The Morgan fingerprint density at radius 3 is 2.69 bits per heavy atom. The van der Waals surface area contributed by atoms with Gasteiger partial charge < -0.3 is 14.9 Å². The fraction of sp³-hybridized carbons (Fsp3) is 0.182. The van der Waals surface area contributed by atoms with Crippen LogP contribution in [0.1, 0.15) is 23.2 Å². The van der Waals surface area contributed by atoms with E-state index in [-0.39, 0.29) is 11.2 Å². The average molecular weight is 467 g/mol. The number of benzene rings is 2. The summed E-state index contributed by atoms with van der Waals surface area (Å²) in [5.41, 5.74) is 3.42. The van der Waals surface area contributed by atoms with E-state index in [1.54, 1.807) is 0 Å². The molecule has 3 aromatic heterocycles. The summed E-state index contributed by atoms with van der Waals surface area (Å²) in [7, 11) is 0. The molecule has 162 valence electrons. The predicted octanol–water partition coefficient (Wildman–Crippen LogP) is 3.74. The van der Waals surface area contributed by atoms with E-state index in [9.17, 15) is 9.59 Å². The Bertz CT molecular complexity index is 1550. The molecule has 0 unspecified atom stereocenters. The molecule has 5 rings (SSSR count). The average Bonchev–Trinajstić information content (AvgIpc) is 3.36. The van der Waals surface area contributed by atoms with Crippen molar-refractivity contribution < 1.29 is 0 Å². The Labute approximate surface area is 191 Å². The number of anilines is 1. The Kier molecular flexibility index (Phi) is 5.28. The largest absolute Gasteiger partial charge is 0.361 e. The summed E-state index contributed by atoms with van der Waals surface area (Å²) < 4.78 is 1.35. The quantitative estimate of drug-likeness (QED) is 0.397. The monoisotopic (exact) mass is 466 g/mol. The van der Waals surface area contributed by atoms with Crippen LogP contribution in [-0.4, -0.2) is 24.6 Å². The second-order valence-corrected chi connectivity index (χ2v) is 8.83. The molecule has 0 bridgehead atoms. The number of H-pyrrole nitrogens is 2. The van der Waals surface area contributed by atoms with E-state index in [0.717, 1.165) is 28.2 Å². The van der Waals surface area contributed by atoms with Gasteiger partial charge in [-0.3, -0.25) is 4.79 Å². The number of imidazole rings is 1. The molecule has 0 radical (unpaired) electrons. The first kappa shape index (κ1) is 20.5. The third-order valence-corrected chi connectivity index (χ3v) is 6.60. The summed E-state index contributed by atoms with van der Waals surface area (Å²) >= 11 is 7.84. The number of fused-ring (bicyclic) bond motifs is 2. The third kappa shape index (κ3) is 3.92. The molecule has 0 fully saturated rings. The summed E-state index contributed by atoms with van der Waals surface area (Å²) in [5, 5.41) is 5.84. The van der Waals surface area contributed by atoms with Crippen molar-refractivity contribution >= 4 is 44.6 Å². The van der Waals surface area contributed by atoms with Gasteiger partial charge in [-0.2, -0.15) is 9.61 Å².